The molecule has 0 aliphatic heterocycles. The van der Waals surface area contributed by atoms with Gasteiger partial charge in [-0.05, 0) is 19.3 Å². The predicted molar refractivity (Wildman–Crippen MR) is 150 cm³/mol. The summed E-state index contributed by atoms with van der Waals surface area (Å²) in [4.78, 5) is 0.465. The summed E-state index contributed by atoms with van der Waals surface area (Å²) in [5.41, 5.74) is 0. The Balaban J connectivity index is 4.55. The Labute approximate surface area is 224 Å². The maximum Gasteiger partial charge on any atom is 0.474 e. The van der Waals surface area contributed by atoms with Gasteiger partial charge in [-0.25, -0.2) is 4.57 Å². The Hall–Kier alpha value is 1.55. The first-order chi connectivity index (χ1) is 15.4. The van der Waals surface area contributed by atoms with Gasteiger partial charge in [0.2, 0.25) is 0 Å². The van der Waals surface area contributed by atoms with Crippen LogP contribution in [0.25, 0.3) is 0 Å². The van der Waals surface area contributed by atoms with Gasteiger partial charge < -0.3 is 0 Å². The van der Waals surface area contributed by atoms with Crippen molar-refractivity contribution in [2.75, 3.05) is 19.8 Å². The third-order valence-electron chi connectivity index (χ3n) is 5.35. The average molecular weight is 671 g/mol. The highest BCUT2D eigenvalue weighted by atomic mass is 79.9. The second-order valence-electron chi connectivity index (χ2n) is 8.67. The van der Waals surface area contributed by atoms with Gasteiger partial charge in [-0.15, -0.1) is 0 Å². The molecule has 0 bridgehead atoms. The van der Waals surface area contributed by atoms with Gasteiger partial charge in [0.15, 0.2) is 0 Å². The Kier molecular flexibility index (Phi) is 24.1. The quantitative estimate of drug-likeness (QED) is 0.0582. The van der Waals surface area contributed by atoms with E-state index >= 15 is 0 Å². The molecule has 0 spiro atoms. The van der Waals surface area contributed by atoms with Gasteiger partial charge in [0.1, 0.15) is 0 Å². The normalized spacial score (nSPS) is 16.6. The number of alkyl halides is 3. The zero-order chi connectivity index (χ0) is 24.1. The molecule has 4 nitrogen and oxygen atoms in total. The zero-order valence-corrected chi connectivity index (χ0v) is 26.3. The van der Waals surface area contributed by atoms with Crippen LogP contribution in [0.15, 0.2) is 0 Å². The number of unbranched alkanes of at least 4 members (excludes halogenated alkanes) is 9. The van der Waals surface area contributed by atoms with Crippen molar-refractivity contribution in [3.05, 3.63) is 0 Å². The third kappa shape index (κ3) is 20.9. The van der Waals surface area contributed by atoms with Crippen LogP contribution >= 0.6 is 55.6 Å². The van der Waals surface area contributed by atoms with Crippen LogP contribution in [0.5, 0.6) is 0 Å². The largest absolute Gasteiger partial charge is 0.474 e. The van der Waals surface area contributed by atoms with Crippen LogP contribution in [0.4, 0.5) is 0 Å². The zero-order valence-electron chi connectivity index (χ0n) is 20.7. The van der Waals surface area contributed by atoms with Crippen LogP contribution in [0.2, 0.25) is 0 Å². The van der Waals surface area contributed by atoms with E-state index in [9.17, 15) is 4.57 Å². The smallest absolute Gasteiger partial charge is 0.286 e. The number of hydrogen-bond acceptors (Lipinski definition) is 4. The molecule has 0 aliphatic rings. The van der Waals surface area contributed by atoms with E-state index in [2.05, 4.69) is 68.6 Å². The van der Waals surface area contributed by atoms with Crippen molar-refractivity contribution in [1.29, 1.82) is 0 Å². The predicted octanol–water partition coefficient (Wildman–Crippen LogP) is 10.3. The van der Waals surface area contributed by atoms with Crippen molar-refractivity contribution < 1.29 is 18.1 Å². The van der Waals surface area contributed by atoms with Gasteiger partial charge in [0, 0.05) is 14.5 Å². The minimum atomic E-state index is -3.61. The van der Waals surface area contributed by atoms with Crippen molar-refractivity contribution >= 4 is 55.6 Å². The summed E-state index contributed by atoms with van der Waals surface area (Å²) in [5, 5.41) is 0. The monoisotopic (exact) mass is 668 g/mol. The van der Waals surface area contributed by atoms with Crippen LogP contribution in [-0.2, 0) is 18.1 Å². The summed E-state index contributed by atoms with van der Waals surface area (Å²) < 4.78 is 30.6. The third-order valence-corrected chi connectivity index (χ3v) is 8.92. The Morgan fingerprint density at radius 2 is 0.812 bits per heavy atom. The maximum absolute atomic E-state index is 13.3. The molecule has 0 aromatic rings. The molecule has 0 rings (SSSR count). The fourth-order valence-electron chi connectivity index (χ4n) is 3.26. The second-order valence-corrected chi connectivity index (χ2v) is 14.2. The van der Waals surface area contributed by atoms with E-state index in [1.54, 1.807) is 0 Å². The lowest BCUT2D eigenvalue weighted by molar-refractivity contribution is 0.113. The molecule has 0 aliphatic carbocycles. The minimum absolute atomic E-state index is 0.155. The number of phosphoric ester groups is 1. The number of hydrogen-bond donors (Lipinski definition) is 0. The van der Waals surface area contributed by atoms with Crippen LogP contribution in [-0.4, -0.2) is 34.3 Å². The SMILES string of the molecule is CCCCCCC(Br)COP(=O)(OCC(Br)CCCCCC)OCC(Br)CCCCCC. The van der Waals surface area contributed by atoms with Crippen molar-refractivity contribution in [3.8, 4) is 0 Å². The highest BCUT2D eigenvalue weighted by Crippen LogP contribution is 2.50. The van der Waals surface area contributed by atoms with Crippen molar-refractivity contribution in [2.24, 2.45) is 0 Å². The summed E-state index contributed by atoms with van der Waals surface area (Å²) in [6, 6.07) is 0. The summed E-state index contributed by atoms with van der Waals surface area (Å²) in [6.45, 7) is 7.62. The highest BCUT2D eigenvalue weighted by molar-refractivity contribution is 9.10. The molecule has 0 N–H and O–H groups in total. The fourth-order valence-corrected chi connectivity index (χ4v) is 6.55. The molecule has 194 valence electrons. The molecule has 0 saturated carbocycles. The van der Waals surface area contributed by atoms with E-state index in [1.165, 1.54) is 57.8 Å². The molecular weight excluding hydrogens is 623 g/mol. The van der Waals surface area contributed by atoms with Crippen LogP contribution in [0.1, 0.15) is 117 Å². The molecule has 32 heavy (non-hydrogen) atoms. The molecule has 0 aromatic carbocycles. The molecule has 0 fully saturated rings. The Morgan fingerprint density at radius 1 is 0.531 bits per heavy atom. The summed E-state index contributed by atoms with van der Waals surface area (Å²) in [5.74, 6) is 0. The van der Waals surface area contributed by atoms with E-state index in [0.717, 1.165) is 38.5 Å². The summed E-state index contributed by atoms with van der Waals surface area (Å²) in [7, 11) is -3.61. The lowest BCUT2D eigenvalue weighted by atomic mass is 10.1. The van der Waals surface area contributed by atoms with Gasteiger partial charge in [0.25, 0.3) is 0 Å². The molecule has 3 atom stereocenters. The van der Waals surface area contributed by atoms with Gasteiger partial charge in [-0.2, -0.15) is 0 Å². The number of rotatable bonds is 24. The standard InChI is InChI=1S/C24H48Br3O4P/c1-4-7-10-13-16-22(25)19-29-32(28,30-20-23(26)17-14-11-8-5-2)31-21-24(27)18-15-12-9-6-3/h22-24H,4-21H2,1-3H3. The van der Waals surface area contributed by atoms with Crippen LogP contribution in [0, 0.1) is 0 Å². The lowest BCUT2D eigenvalue weighted by Gasteiger charge is -2.22. The first kappa shape index (κ1) is 33.5. The van der Waals surface area contributed by atoms with E-state index in [0.29, 0.717) is 19.8 Å². The second kappa shape index (κ2) is 23.0. The average Bonchev–Trinajstić information content (AvgIpc) is 2.78. The molecule has 0 heterocycles. The summed E-state index contributed by atoms with van der Waals surface area (Å²) in [6.07, 6.45) is 17.5. The van der Waals surface area contributed by atoms with Gasteiger partial charge >= 0.3 is 7.82 Å². The van der Waals surface area contributed by atoms with Crippen molar-refractivity contribution in [1.82, 2.24) is 0 Å². The molecule has 3 unspecified atom stereocenters. The van der Waals surface area contributed by atoms with Crippen LogP contribution in [0.3, 0.4) is 0 Å². The fraction of sp³-hybridized carbons (Fsp3) is 1.00. The Morgan fingerprint density at radius 3 is 1.06 bits per heavy atom. The van der Waals surface area contributed by atoms with E-state index < -0.39 is 7.82 Å². The maximum atomic E-state index is 13.3. The first-order valence-electron chi connectivity index (χ1n) is 12.8. The first-order valence-corrected chi connectivity index (χ1v) is 17.0. The highest BCUT2D eigenvalue weighted by Gasteiger charge is 2.30. The Bertz CT molecular complexity index is 395. The molecule has 0 saturated heterocycles. The molecule has 0 aromatic heterocycles. The number of phosphoric acid groups is 1. The van der Waals surface area contributed by atoms with Crippen molar-refractivity contribution in [2.45, 2.75) is 132 Å². The summed E-state index contributed by atoms with van der Waals surface area (Å²) >= 11 is 11.0. The van der Waals surface area contributed by atoms with E-state index in [4.69, 9.17) is 13.6 Å². The van der Waals surface area contributed by atoms with Gasteiger partial charge in [0.05, 0.1) is 19.8 Å². The molecule has 0 amide bonds. The van der Waals surface area contributed by atoms with E-state index in [-0.39, 0.29) is 14.5 Å². The van der Waals surface area contributed by atoms with Gasteiger partial charge in [-0.1, -0.05) is 146 Å². The van der Waals surface area contributed by atoms with Gasteiger partial charge in [-0.3, -0.25) is 13.6 Å². The number of halogens is 3. The minimum Gasteiger partial charge on any atom is -0.286 e. The van der Waals surface area contributed by atoms with E-state index in [1.807, 2.05) is 0 Å². The molecule has 0 radical (unpaired) electrons. The lowest BCUT2D eigenvalue weighted by Crippen LogP contribution is -2.16. The molecule has 8 heteroatoms. The van der Waals surface area contributed by atoms with Crippen LogP contribution < -0.4 is 0 Å². The molecular formula is C24H48Br3O4P. The van der Waals surface area contributed by atoms with Crippen molar-refractivity contribution in [3.63, 3.8) is 0 Å². The topological polar surface area (TPSA) is 44.8 Å².